The molecule has 2 aromatic rings. The number of pyridine rings is 1. The fraction of sp³-hybridized carbons (Fsp3) is 0.467. The first-order valence-electron chi connectivity index (χ1n) is 6.91. The summed E-state index contributed by atoms with van der Waals surface area (Å²) in [7, 11) is 1.94. The molecule has 0 saturated carbocycles. The van der Waals surface area contributed by atoms with Crippen molar-refractivity contribution in [3.05, 3.63) is 41.5 Å². The average molecular weight is 258 g/mol. The lowest BCUT2D eigenvalue weighted by Gasteiger charge is -2.11. The molecule has 1 atom stereocenters. The molecule has 1 unspecified atom stereocenters. The van der Waals surface area contributed by atoms with Gasteiger partial charge in [-0.3, -0.25) is 4.98 Å². The van der Waals surface area contributed by atoms with E-state index in [0.717, 1.165) is 29.9 Å². The summed E-state index contributed by atoms with van der Waals surface area (Å²) in [5.74, 6) is 0. The van der Waals surface area contributed by atoms with Crippen molar-refractivity contribution in [2.24, 2.45) is 0 Å². The molecule has 1 N–H and O–H groups in total. The van der Waals surface area contributed by atoms with E-state index in [1.54, 1.807) is 0 Å². The van der Waals surface area contributed by atoms with Crippen LogP contribution in [0.25, 0.3) is 5.69 Å². The first kappa shape index (κ1) is 13.7. The van der Waals surface area contributed by atoms with Crippen molar-refractivity contribution in [1.82, 2.24) is 20.1 Å². The first-order chi connectivity index (χ1) is 9.19. The van der Waals surface area contributed by atoms with Gasteiger partial charge in [0, 0.05) is 11.7 Å². The number of hydrogen-bond donors (Lipinski definition) is 1. The second-order valence-corrected chi connectivity index (χ2v) is 4.70. The van der Waals surface area contributed by atoms with Gasteiger partial charge < -0.3 is 5.32 Å². The van der Waals surface area contributed by atoms with Gasteiger partial charge in [-0.2, -0.15) is 5.10 Å². The van der Waals surface area contributed by atoms with E-state index < -0.39 is 0 Å². The number of aryl methyl sites for hydroxylation is 2. The van der Waals surface area contributed by atoms with E-state index in [2.05, 4.69) is 54.4 Å². The van der Waals surface area contributed by atoms with Crippen LogP contribution in [-0.2, 0) is 12.8 Å². The van der Waals surface area contributed by atoms with Crippen LogP contribution in [-0.4, -0.2) is 21.8 Å². The van der Waals surface area contributed by atoms with Crippen LogP contribution in [0, 0.1) is 0 Å². The van der Waals surface area contributed by atoms with Gasteiger partial charge >= 0.3 is 0 Å². The van der Waals surface area contributed by atoms with Crippen molar-refractivity contribution in [1.29, 1.82) is 0 Å². The Balaban J connectivity index is 2.34. The molecule has 2 heterocycles. The van der Waals surface area contributed by atoms with Crippen LogP contribution in [0.4, 0.5) is 0 Å². The molecule has 0 aromatic carbocycles. The summed E-state index contributed by atoms with van der Waals surface area (Å²) < 4.78 is 2.00. The molecule has 19 heavy (non-hydrogen) atoms. The number of hydrogen-bond acceptors (Lipinski definition) is 3. The van der Waals surface area contributed by atoms with Crippen molar-refractivity contribution >= 4 is 0 Å². The Morgan fingerprint density at radius 1 is 1.26 bits per heavy atom. The minimum absolute atomic E-state index is 0.267. The highest BCUT2D eigenvalue weighted by atomic mass is 15.3. The van der Waals surface area contributed by atoms with Gasteiger partial charge in [0.25, 0.3) is 0 Å². The smallest absolute Gasteiger partial charge is 0.0832 e. The van der Waals surface area contributed by atoms with Gasteiger partial charge in [0.05, 0.1) is 23.3 Å². The van der Waals surface area contributed by atoms with Crippen molar-refractivity contribution in [2.45, 2.75) is 39.7 Å². The third kappa shape index (κ3) is 2.84. The van der Waals surface area contributed by atoms with Crippen LogP contribution >= 0.6 is 0 Å². The highest BCUT2D eigenvalue weighted by Crippen LogP contribution is 2.15. The molecule has 0 fully saturated rings. The Morgan fingerprint density at radius 3 is 2.58 bits per heavy atom. The van der Waals surface area contributed by atoms with Crippen molar-refractivity contribution < 1.29 is 0 Å². The molecule has 0 amide bonds. The fourth-order valence-electron chi connectivity index (χ4n) is 2.05. The normalized spacial score (nSPS) is 12.6. The zero-order chi connectivity index (χ0) is 13.8. The van der Waals surface area contributed by atoms with Crippen LogP contribution < -0.4 is 5.32 Å². The van der Waals surface area contributed by atoms with Crippen molar-refractivity contribution in [2.75, 3.05) is 7.05 Å². The first-order valence-corrected chi connectivity index (χ1v) is 6.91. The van der Waals surface area contributed by atoms with Gasteiger partial charge in [-0.05, 0) is 45.0 Å². The topological polar surface area (TPSA) is 42.7 Å². The largest absolute Gasteiger partial charge is 0.312 e. The Morgan fingerprint density at radius 2 is 2.05 bits per heavy atom. The van der Waals surface area contributed by atoms with E-state index in [1.165, 1.54) is 5.69 Å². The molecule has 0 bridgehead atoms. The van der Waals surface area contributed by atoms with E-state index in [0.29, 0.717) is 0 Å². The zero-order valence-electron chi connectivity index (χ0n) is 12.1. The highest BCUT2D eigenvalue weighted by molar-refractivity contribution is 5.32. The molecule has 0 aliphatic heterocycles. The van der Waals surface area contributed by atoms with Crippen LogP contribution in [0.3, 0.4) is 0 Å². The van der Waals surface area contributed by atoms with E-state index >= 15 is 0 Å². The molecule has 0 aliphatic carbocycles. The predicted molar refractivity (Wildman–Crippen MR) is 77.6 cm³/mol. The van der Waals surface area contributed by atoms with Gasteiger partial charge in [0.1, 0.15) is 0 Å². The SMILES string of the molecule is CCc1cc(CC)n(-c2ccc(C(C)NC)nc2)n1. The summed E-state index contributed by atoms with van der Waals surface area (Å²) in [4.78, 5) is 4.51. The Bertz CT molecular complexity index is 528. The molecule has 0 spiro atoms. The Kier molecular flexibility index (Phi) is 4.32. The number of aromatic nitrogens is 3. The van der Waals surface area contributed by atoms with Gasteiger partial charge in [0.2, 0.25) is 0 Å². The quantitative estimate of drug-likeness (QED) is 0.896. The summed E-state index contributed by atoms with van der Waals surface area (Å²) in [5, 5.41) is 7.82. The minimum Gasteiger partial charge on any atom is -0.312 e. The van der Waals surface area contributed by atoms with Crippen LogP contribution in [0.1, 0.15) is 43.9 Å². The highest BCUT2D eigenvalue weighted by Gasteiger charge is 2.09. The molecule has 2 rings (SSSR count). The molecule has 0 radical (unpaired) electrons. The summed E-state index contributed by atoms with van der Waals surface area (Å²) >= 11 is 0. The van der Waals surface area contributed by atoms with Gasteiger partial charge in [-0.15, -0.1) is 0 Å². The molecule has 102 valence electrons. The molecule has 4 heteroatoms. The summed E-state index contributed by atoms with van der Waals surface area (Å²) in [6.45, 7) is 6.38. The lowest BCUT2D eigenvalue weighted by atomic mass is 10.2. The van der Waals surface area contributed by atoms with Crippen LogP contribution in [0.2, 0.25) is 0 Å². The summed E-state index contributed by atoms with van der Waals surface area (Å²) in [5.41, 5.74) is 4.44. The summed E-state index contributed by atoms with van der Waals surface area (Å²) in [6, 6.07) is 6.58. The Hall–Kier alpha value is -1.68. The number of nitrogens with zero attached hydrogens (tertiary/aromatic N) is 3. The second-order valence-electron chi connectivity index (χ2n) is 4.70. The van der Waals surface area contributed by atoms with Gasteiger partial charge in [-0.25, -0.2) is 4.68 Å². The lowest BCUT2D eigenvalue weighted by Crippen LogP contribution is -2.14. The lowest BCUT2D eigenvalue weighted by molar-refractivity contribution is 0.631. The van der Waals surface area contributed by atoms with Crippen molar-refractivity contribution in [3.63, 3.8) is 0 Å². The molecule has 0 saturated heterocycles. The maximum Gasteiger partial charge on any atom is 0.0832 e. The average Bonchev–Trinajstić information content (AvgIpc) is 2.90. The van der Waals surface area contributed by atoms with Crippen LogP contribution in [0.5, 0.6) is 0 Å². The number of nitrogens with one attached hydrogen (secondary N) is 1. The van der Waals surface area contributed by atoms with E-state index in [-0.39, 0.29) is 6.04 Å². The monoisotopic (exact) mass is 258 g/mol. The molecule has 4 nitrogen and oxygen atoms in total. The molecular weight excluding hydrogens is 236 g/mol. The number of rotatable bonds is 5. The van der Waals surface area contributed by atoms with Gasteiger partial charge in [-0.1, -0.05) is 13.8 Å². The molecule has 0 aliphatic rings. The minimum atomic E-state index is 0.267. The van der Waals surface area contributed by atoms with Crippen LogP contribution in [0.15, 0.2) is 24.4 Å². The Labute approximate surface area is 114 Å². The zero-order valence-corrected chi connectivity index (χ0v) is 12.1. The standard InChI is InChI=1S/C15H22N4/c1-5-12-9-13(6-2)19(18-12)14-7-8-15(17-10-14)11(3)16-4/h7-11,16H,5-6H2,1-4H3. The predicted octanol–water partition coefficient (Wildman–Crippen LogP) is 2.67. The van der Waals surface area contributed by atoms with Gasteiger partial charge in [0.15, 0.2) is 0 Å². The second kappa shape index (κ2) is 5.97. The molecule has 2 aromatic heterocycles. The maximum atomic E-state index is 4.63. The van der Waals surface area contributed by atoms with E-state index in [4.69, 9.17) is 0 Å². The third-order valence-corrected chi connectivity index (χ3v) is 3.45. The van der Waals surface area contributed by atoms with E-state index in [1.807, 2.05) is 17.9 Å². The summed E-state index contributed by atoms with van der Waals surface area (Å²) in [6.07, 6.45) is 3.83. The van der Waals surface area contributed by atoms with Crippen molar-refractivity contribution in [3.8, 4) is 5.69 Å². The van der Waals surface area contributed by atoms with E-state index in [9.17, 15) is 0 Å². The third-order valence-electron chi connectivity index (χ3n) is 3.45. The molecular formula is C15H22N4. The fourth-order valence-corrected chi connectivity index (χ4v) is 2.05. The maximum absolute atomic E-state index is 4.63.